The third-order valence-electron chi connectivity index (χ3n) is 7.00. The van der Waals surface area contributed by atoms with E-state index in [4.69, 9.17) is 0 Å². The molecule has 1 saturated heterocycles. The van der Waals surface area contributed by atoms with Gasteiger partial charge in [-0.05, 0) is 69.8 Å². The fourth-order valence-electron chi connectivity index (χ4n) is 5.78. The van der Waals surface area contributed by atoms with E-state index in [9.17, 15) is 5.11 Å². The number of likely N-dealkylation sites (tertiary alicyclic amines) is 1. The first kappa shape index (κ1) is 22.9. The van der Waals surface area contributed by atoms with Crippen LogP contribution in [-0.4, -0.2) is 58.3 Å². The summed E-state index contributed by atoms with van der Waals surface area (Å²) in [4.78, 5) is 5.04. The van der Waals surface area contributed by atoms with E-state index in [0.29, 0.717) is 6.04 Å². The molecule has 2 atom stereocenters. The van der Waals surface area contributed by atoms with Gasteiger partial charge in [0.15, 0.2) is 0 Å². The Bertz CT molecular complexity index is 831. The third-order valence-corrected chi connectivity index (χ3v) is 7.00. The molecule has 1 aliphatic carbocycles. The van der Waals surface area contributed by atoms with Crippen LogP contribution < -0.4 is 0 Å². The van der Waals surface area contributed by atoms with Gasteiger partial charge in [-0.1, -0.05) is 18.1 Å². The molecule has 3 aliphatic rings. The molecule has 2 aliphatic heterocycles. The fraction of sp³-hybridized carbons (Fsp3) is 0.652. The maximum atomic E-state index is 10.8. The van der Waals surface area contributed by atoms with E-state index in [-0.39, 0.29) is 30.9 Å². The molecule has 6 heteroatoms. The largest absolute Gasteiger partial charge is 0.390 e. The van der Waals surface area contributed by atoms with E-state index in [1.165, 1.54) is 55.0 Å². The number of aromatic nitrogens is 1. The number of piperidine rings is 1. The first-order chi connectivity index (χ1) is 13.2. The molecular weight excluding hydrogens is 405 g/mol. The average molecular weight is 440 g/mol. The highest BCUT2D eigenvalue weighted by atomic mass is 35.5. The minimum Gasteiger partial charge on any atom is -0.390 e. The molecule has 2 aromatic rings. The first-order valence-corrected chi connectivity index (χ1v) is 11.0. The van der Waals surface area contributed by atoms with Crippen molar-refractivity contribution in [2.24, 2.45) is 0 Å². The second kappa shape index (κ2) is 9.57. The van der Waals surface area contributed by atoms with Crippen LogP contribution in [0.3, 0.4) is 0 Å². The number of benzene rings is 1. The molecule has 0 bridgehead atoms. The zero-order chi connectivity index (χ0) is 18.4. The van der Waals surface area contributed by atoms with Gasteiger partial charge >= 0.3 is 0 Å². The van der Waals surface area contributed by atoms with Crippen LogP contribution in [0.4, 0.5) is 0 Å². The molecule has 0 spiro atoms. The van der Waals surface area contributed by atoms with E-state index in [1.807, 2.05) is 0 Å². The molecule has 162 valence electrons. The van der Waals surface area contributed by atoms with E-state index < -0.39 is 0 Å². The van der Waals surface area contributed by atoms with Crippen LogP contribution in [0.1, 0.15) is 55.0 Å². The lowest BCUT2D eigenvalue weighted by molar-refractivity contribution is 0.0381. The van der Waals surface area contributed by atoms with Crippen molar-refractivity contribution in [1.29, 1.82) is 0 Å². The van der Waals surface area contributed by atoms with Crippen molar-refractivity contribution >= 4 is 35.7 Å². The van der Waals surface area contributed by atoms with E-state index >= 15 is 0 Å². The summed E-state index contributed by atoms with van der Waals surface area (Å²) in [6, 6.07) is 7.45. The Morgan fingerprint density at radius 2 is 1.79 bits per heavy atom. The van der Waals surface area contributed by atoms with Crippen molar-refractivity contribution in [3.05, 3.63) is 35.0 Å². The van der Waals surface area contributed by atoms with Gasteiger partial charge < -0.3 is 14.6 Å². The average Bonchev–Trinajstić information content (AvgIpc) is 2.99. The van der Waals surface area contributed by atoms with Gasteiger partial charge in [0.25, 0.3) is 0 Å². The number of aliphatic hydroxyl groups excluding tert-OH is 1. The number of halogens is 2. The Kier molecular flexibility index (Phi) is 7.56. The predicted octanol–water partition coefficient (Wildman–Crippen LogP) is 4.33. The summed E-state index contributed by atoms with van der Waals surface area (Å²) in [6.45, 7) is 8.32. The number of aryl methyl sites for hydroxylation is 2. The smallest absolute Gasteiger partial charge is 0.0794 e. The van der Waals surface area contributed by atoms with Crippen molar-refractivity contribution in [1.82, 2.24) is 14.4 Å². The molecule has 2 unspecified atom stereocenters. The monoisotopic (exact) mass is 439 g/mol. The summed E-state index contributed by atoms with van der Waals surface area (Å²) in [7, 11) is 0. The predicted molar refractivity (Wildman–Crippen MR) is 125 cm³/mol. The Morgan fingerprint density at radius 1 is 1.00 bits per heavy atom. The van der Waals surface area contributed by atoms with Gasteiger partial charge in [-0.25, -0.2) is 0 Å². The molecule has 0 amide bonds. The molecule has 1 aromatic carbocycles. The molecule has 1 N–H and O–H groups in total. The number of hydrogen-bond acceptors (Lipinski definition) is 3. The molecule has 0 saturated carbocycles. The minimum absolute atomic E-state index is 0. The van der Waals surface area contributed by atoms with Crippen LogP contribution in [-0.2, 0) is 13.0 Å². The molecule has 5 rings (SSSR count). The fourth-order valence-corrected chi connectivity index (χ4v) is 5.78. The van der Waals surface area contributed by atoms with Crippen LogP contribution in [0.5, 0.6) is 0 Å². The molecule has 1 aromatic heterocycles. The van der Waals surface area contributed by atoms with E-state index in [0.717, 1.165) is 39.3 Å². The summed E-state index contributed by atoms with van der Waals surface area (Å²) >= 11 is 0. The number of fused-ring (bicyclic) bond motifs is 3. The van der Waals surface area contributed by atoms with Crippen molar-refractivity contribution in [2.45, 2.75) is 64.1 Å². The summed E-state index contributed by atoms with van der Waals surface area (Å²) < 4.78 is 2.58. The summed E-state index contributed by atoms with van der Waals surface area (Å²) in [5.41, 5.74) is 5.92. The molecular formula is C23H35Cl2N3O. The van der Waals surface area contributed by atoms with E-state index in [2.05, 4.69) is 39.5 Å². The van der Waals surface area contributed by atoms with Crippen molar-refractivity contribution in [3.63, 3.8) is 0 Å². The van der Waals surface area contributed by atoms with Crippen molar-refractivity contribution < 1.29 is 5.11 Å². The topological polar surface area (TPSA) is 31.6 Å². The summed E-state index contributed by atoms with van der Waals surface area (Å²) in [5.74, 6) is 0. The number of rotatable bonds is 4. The van der Waals surface area contributed by atoms with Gasteiger partial charge in [0, 0.05) is 42.8 Å². The maximum absolute atomic E-state index is 10.8. The molecule has 0 radical (unpaired) electrons. The van der Waals surface area contributed by atoms with Crippen molar-refractivity contribution in [2.75, 3.05) is 32.7 Å². The third kappa shape index (κ3) is 4.33. The van der Waals surface area contributed by atoms with Gasteiger partial charge in [-0.15, -0.1) is 24.8 Å². The highest BCUT2D eigenvalue weighted by Gasteiger charge is 2.35. The Morgan fingerprint density at radius 3 is 2.59 bits per heavy atom. The number of hydrogen-bond donors (Lipinski definition) is 1. The lowest BCUT2D eigenvalue weighted by Crippen LogP contribution is -2.46. The van der Waals surface area contributed by atoms with Gasteiger partial charge in [0.2, 0.25) is 0 Å². The highest BCUT2D eigenvalue weighted by Crippen LogP contribution is 2.42. The van der Waals surface area contributed by atoms with Gasteiger partial charge in [-0.3, -0.25) is 4.90 Å². The first-order valence-electron chi connectivity index (χ1n) is 11.0. The maximum Gasteiger partial charge on any atom is 0.0794 e. The highest BCUT2D eigenvalue weighted by molar-refractivity contribution is 5.87. The van der Waals surface area contributed by atoms with E-state index in [1.54, 1.807) is 11.3 Å². The number of β-amino-alcohol motifs (C(OH)–C–C–N with tert-alkyl or cyclic N) is 1. The van der Waals surface area contributed by atoms with Crippen molar-refractivity contribution in [3.8, 4) is 0 Å². The standard InChI is InChI=1S/C23H33N3O.2ClH/c1-17-8-9-21-20(14-17)19-6-5-7-22-23(19)26(21)13-12-25(22)16-18(27)15-24-10-3-2-4-11-24;;/h8-9,14,18,22,27H,2-7,10-13,15-16H2,1H3;2*1H. The van der Waals surface area contributed by atoms with Gasteiger partial charge in [-0.2, -0.15) is 0 Å². The quantitative estimate of drug-likeness (QED) is 0.768. The Balaban J connectivity index is 0.00000120. The Labute approximate surface area is 187 Å². The molecule has 1 fully saturated rings. The van der Waals surface area contributed by atoms with Crippen LogP contribution in [0, 0.1) is 6.92 Å². The van der Waals surface area contributed by atoms with Crippen LogP contribution in [0.25, 0.3) is 10.9 Å². The number of nitrogens with zero attached hydrogens (tertiary/aromatic N) is 3. The molecule has 3 heterocycles. The minimum atomic E-state index is -0.230. The zero-order valence-corrected chi connectivity index (χ0v) is 19.1. The summed E-state index contributed by atoms with van der Waals surface area (Å²) in [6.07, 6.45) is 7.43. The molecule has 4 nitrogen and oxygen atoms in total. The lowest BCUT2D eigenvalue weighted by Gasteiger charge is -2.41. The van der Waals surface area contributed by atoms with Crippen LogP contribution in [0.2, 0.25) is 0 Å². The van der Waals surface area contributed by atoms with Gasteiger partial charge in [0.05, 0.1) is 12.1 Å². The zero-order valence-electron chi connectivity index (χ0n) is 17.5. The van der Waals surface area contributed by atoms with Crippen LogP contribution in [0.15, 0.2) is 18.2 Å². The molecule has 29 heavy (non-hydrogen) atoms. The second-order valence-electron chi connectivity index (χ2n) is 8.95. The SMILES string of the molecule is Cc1ccc2c(c1)c1c3n2CCN(CC(O)CN2CCCCC2)C3CCC1.Cl.Cl. The summed E-state index contributed by atoms with van der Waals surface area (Å²) in [5, 5.41) is 12.3. The second-order valence-corrected chi connectivity index (χ2v) is 8.95. The lowest BCUT2D eigenvalue weighted by atomic mass is 9.89. The Hall–Kier alpha value is -0.780. The number of aliphatic hydroxyl groups is 1. The van der Waals surface area contributed by atoms with Crippen LogP contribution >= 0.6 is 24.8 Å². The normalized spacial score (nSPS) is 23.2. The van der Waals surface area contributed by atoms with Gasteiger partial charge in [0.1, 0.15) is 0 Å².